The van der Waals surface area contributed by atoms with Crippen LogP contribution in [0.4, 0.5) is 0 Å². The van der Waals surface area contributed by atoms with Crippen molar-refractivity contribution >= 4 is 5.91 Å². The lowest BCUT2D eigenvalue weighted by Gasteiger charge is -2.09. The van der Waals surface area contributed by atoms with Crippen LogP contribution in [0.3, 0.4) is 0 Å². The molecule has 0 spiro atoms. The number of nitrogens with zero attached hydrogens (tertiary/aromatic N) is 5. The highest BCUT2D eigenvalue weighted by atomic mass is 16.2. The molecule has 0 aliphatic carbocycles. The number of hydrogen-bond acceptors (Lipinski definition) is 5. The number of carbonyl (C=O) groups excluding carboxylic acids is 1. The van der Waals surface area contributed by atoms with Crippen LogP contribution in [0.15, 0.2) is 59.5 Å². The Morgan fingerprint density at radius 3 is 2.53 bits per heavy atom. The van der Waals surface area contributed by atoms with Crippen LogP contribution in [0.2, 0.25) is 0 Å². The molecule has 1 N–H and O–H groups in total. The van der Waals surface area contributed by atoms with Gasteiger partial charge in [-0.25, -0.2) is 9.36 Å². The lowest BCUT2D eigenvalue weighted by atomic mass is 9.98. The highest BCUT2D eigenvalue weighted by Gasteiger charge is 2.16. The summed E-state index contributed by atoms with van der Waals surface area (Å²) in [5.41, 5.74) is 4.23. The third-order valence-corrected chi connectivity index (χ3v) is 5.64. The smallest absolute Gasteiger partial charge is 0.291 e. The maximum atomic E-state index is 13.1. The van der Waals surface area contributed by atoms with Crippen LogP contribution in [-0.2, 0) is 13.0 Å². The first-order valence-corrected chi connectivity index (χ1v) is 11.3. The standard InChI is InChI=1S/C26H26N6O2/c1-3-5-9-21-18-32(24(33)12-6-4-2)26(34)31(21)17-19-13-15-20(16-14-19)22-10-7-8-11-23(22)25-27-29-30-28-25/h7-8,10-11,13-16,18H,4,6,9,12,17H2,1-2H3,(H,27,28,29,30). The van der Waals surface area contributed by atoms with Gasteiger partial charge in [-0.3, -0.25) is 9.36 Å². The maximum absolute atomic E-state index is 13.1. The second-order valence-corrected chi connectivity index (χ2v) is 7.94. The van der Waals surface area contributed by atoms with Gasteiger partial charge in [0.05, 0.1) is 18.7 Å². The fraction of sp³-hybridized carbons (Fsp3) is 0.269. The van der Waals surface area contributed by atoms with E-state index < -0.39 is 0 Å². The molecule has 8 nitrogen and oxygen atoms in total. The molecule has 2 aromatic carbocycles. The van der Waals surface area contributed by atoms with Crippen molar-refractivity contribution in [1.82, 2.24) is 29.8 Å². The average molecular weight is 455 g/mol. The number of aromatic amines is 1. The molecule has 2 heterocycles. The second-order valence-electron chi connectivity index (χ2n) is 7.94. The monoisotopic (exact) mass is 454 g/mol. The summed E-state index contributed by atoms with van der Waals surface area (Å²) >= 11 is 0. The summed E-state index contributed by atoms with van der Waals surface area (Å²) in [6.45, 7) is 4.14. The Morgan fingerprint density at radius 1 is 1.09 bits per heavy atom. The molecule has 2 aromatic heterocycles. The molecular weight excluding hydrogens is 428 g/mol. The minimum atomic E-state index is -0.319. The lowest BCUT2D eigenvalue weighted by Crippen LogP contribution is -2.29. The van der Waals surface area contributed by atoms with Crippen LogP contribution in [0, 0.1) is 11.8 Å². The summed E-state index contributed by atoms with van der Waals surface area (Å²) in [5, 5.41) is 14.3. The largest absolute Gasteiger partial charge is 0.335 e. The average Bonchev–Trinajstić information content (AvgIpc) is 3.51. The van der Waals surface area contributed by atoms with Crippen molar-refractivity contribution < 1.29 is 4.79 Å². The number of tetrazole rings is 1. The third kappa shape index (κ3) is 4.89. The summed E-state index contributed by atoms with van der Waals surface area (Å²) in [5.74, 6) is 6.23. The summed E-state index contributed by atoms with van der Waals surface area (Å²) in [6, 6.07) is 15.8. The molecule has 0 radical (unpaired) electrons. The number of rotatable bonds is 8. The number of benzene rings is 2. The molecule has 172 valence electrons. The molecule has 0 unspecified atom stereocenters. The number of hydrogen-bond donors (Lipinski definition) is 1. The van der Waals surface area contributed by atoms with Crippen molar-refractivity contribution in [2.45, 2.75) is 46.1 Å². The van der Waals surface area contributed by atoms with Gasteiger partial charge in [-0.1, -0.05) is 67.8 Å². The predicted octanol–water partition coefficient (Wildman–Crippen LogP) is 3.94. The van der Waals surface area contributed by atoms with Gasteiger partial charge in [0, 0.05) is 18.2 Å². The van der Waals surface area contributed by atoms with E-state index in [-0.39, 0.29) is 11.6 Å². The SMILES string of the molecule is CC#CCc1cn(C(=O)CCCC)c(=O)n1Cc1ccc(-c2ccccc2-c2nn[nH]n2)cc1. The van der Waals surface area contributed by atoms with Crippen molar-refractivity contribution in [3.63, 3.8) is 0 Å². The van der Waals surface area contributed by atoms with E-state index in [9.17, 15) is 9.59 Å². The van der Waals surface area contributed by atoms with Crippen LogP contribution in [0.5, 0.6) is 0 Å². The predicted molar refractivity (Wildman–Crippen MR) is 130 cm³/mol. The van der Waals surface area contributed by atoms with Gasteiger partial charge in [-0.05, 0) is 35.2 Å². The number of nitrogens with one attached hydrogen (secondary N) is 1. The molecule has 0 atom stereocenters. The zero-order valence-corrected chi connectivity index (χ0v) is 19.3. The Kier molecular flexibility index (Phi) is 7.13. The van der Waals surface area contributed by atoms with Crippen molar-refractivity contribution in [2.75, 3.05) is 0 Å². The molecule has 0 saturated heterocycles. The lowest BCUT2D eigenvalue weighted by molar-refractivity contribution is 0.0894. The quantitative estimate of drug-likeness (QED) is 0.407. The Balaban J connectivity index is 1.63. The van der Waals surface area contributed by atoms with Gasteiger partial charge in [-0.15, -0.1) is 16.1 Å². The Labute approximate surface area is 197 Å². The molecule has 0 saturated carbocycles. The van der Waals surface area contributed by atoms with Gasteiger partial charge in [0.2, 0.25) is 11.7 Å². The molecule has 8 heteroatoms. The highest BCUT2D eigenvalue weighted by molar-refractivity contribution is 5.80. The van der Waals surface area contributed by atoms with E-state index in [1.165, 1.54) is 4.57 Å². The molecule has 0 amide bonds. The number of H-pyrrole nitrogens is 1. The summed E-state index contributed by atoms with van der Waals surface area (Å²) in [6.07, 6.45) is 4.06. The Hall–Kier alpha value is -4.25. The zero-order chi connectivity index (χ0) is 23.9. The number of unbranched alkanes of at least 4 members (excludes halogenated alkanes) is 1. The summed E-state index contributed by atoms with van der Waals surface area (Å²) in [7, 11) is 0. The van der Waals surface area contributed by atoms with Crippen molar-refractivity contribution in [3.8, 4) is 34.4 Å². The molecule has 0 fully saturated rings. The van der Waals surface area contributed by atoms with Crippen LogP contribution in [-0.4, -0.2) is 35.7 Å². The first-order chi connectivity index (χ1) is 16.6. The highest BCUT2D eigenvalue weighted by Crippen LogP contribution is 2.29. The van der Waals surface area contributed by atoms with E-state index in [0.717, 1.165) is 40.8 Å². The minimum absolute atomic E-state index is 0.176. The van der Waals surface area contributed by atoms with Crippen LogP contribution < -0.4 is 5.69 Å². The normalized spacial score (nSPS) is 10.6. The number of imidazole rings is 1. The molecular formula is C26H26N6O2. The van der Waals surface area contributed by atoms with E-state index in [4.69, 9.17) is 0 Å². The van der Waals surface area contributed by atoms with Gasteiger partial charge in [0.25, 0.3) is 0 Å². The van der Waals surface area contributed by atoms with E-state index in [2.05, 4.69) is 32.5 Å². The zero-order valence-electron chi connectivity index (χ0n) is 19.3. The number of aromatic nitrogens is 6. The van der Waals surface area contributed by atoms with E-state index in [1.807, 2.05) is 55.5 Å². The summed E-state index contributed by atoms with van der Waals surface area (Å²) in [4.78, 5) is 25.6. The van der Waals surface area contributed by atoms with Gasteiger partial charge >= 0.3 is 5.69 Å². The fourth-order valence-electron chi connectivity index (χ4n) is 3.82. The van der Waals surface area contributed by atoms with Crippen molar-refractivity contribution in [1.29, 1.82) is 0 Å². The van der Waals surface area contributed by atoms with E-state index in [0.29, 0.717) is 25.2 Å². The topological polar surface area (TPSA) is 98.5 Å². The first-order valence-electron chi connectivity index (χ1n) is 11.3. The van der Waals surface area contributed by atoms with Crippen LogP contribution in [0.25, 0.3) is 22.5 Å². The summed E-state index contributed by atoms with van der Waals surface area (Å²) < 4.78 is 2.87. The third-order valence-electron chi connectivity index (χ3n) is 5.64. The Morgan fingerprint density at radius 2 is 1.85 bits per heavy atom. The van der Waals surface area contributed by atoms with E-state index in [1.54, 1.807) is 17.7 Å². The van der Waals surface area contributed by atoms with Crippen LogP contribution >= 0.6 is 0 Å². The minimum Gasteiger partial charge on any atom is -0.291 e. The number of carbonyl (C=O) groups is 1. The Bertz CT molecular complexity index is 1390. The molecule has 0 aliphatic heterocycles. The van der Waals surface area contributed by atoms with Crippen molar-refractivity contribution in [3.05, 3.63) is 76.5 Å². The van der Waals surface area contributed by atoms with Crippen LogP contribution in [0.1, 0.15) is 49.2 Å². The molecule has 4 rings (SSSR count). The molecule has 0 aliphatic rings. The van der Waals surface area contributed by atoms with Gasteiger partial charge in [-0.2, -0.15) is 5.21 Å². The molecule has 34 heavy (non-hydrogen) atoms. The van der Waals surface area contributed by atoms with Crippen molar-refractivity contribution in [2.24, 2.45) is 0 Å². The second kappa shape index (κ2) is 10.6. The van der Waals surface area contributed by atoms with Gasteiger partial charge in [0.1, 0.15) is 0 Å². The first kappa shape index (κ1) is 22.9. The van der Waals surface area contributed by atoms with Gasteiger partial charge < -0.3 is 0 Å². The van der Waals surface area contributed by atoms with Gasteiger partial charge in [0.15, 0.2) is 0 Å². The fourth-order valence-corrected chi connectivity index (χ4v) is 3.82. The van der Waals surface area contributed by atoms with E-state index >= 15 is 0 Å². The molecule has 4 aromatic rings. The molecule has 0 bridgehead atoms. The maximum Gasteiger partial charge on any atom is 0.335 e.